The van der Waals surface area contributed by atoms with Crippen molar-refractivity contribution in [1.82, 2.24) is 0 Å². The summed E-state index contributed by atoms with van der Waals surface area (Å²) in [5, 5.41) is 10.8. The number of methoxy groups -OCH3 is 2. The van der Waals surface area contributed by atoms with Gasteiger partial charge in [-0.1, -0.05) is 24.3 Å². The Bertz CT molecular complexity index is 535. The van der Waals surface area contributed by atoms with E-state index >= 15 is 0 Å². The normalized spacial score (nSPS) is 28.4. The van der Waals surface area contributed by atoms with Crippen LogP contribution in [0.15, 0.2) is 24.3 Å². The predicted molar refractivity (Wildman–Crippen MR) is 70.7 cm³/mol. The van der Waals surface area contributed by atoms with E-state index < -0.39 is 29.4 Å². The fourth-order valence-electron chi connectivity index (χ4n) is 3.00. The fraction of sp³-hybridized carbons (Fsp3) is 0.467. The van der Waals surface area contributed by atoms with E-state index in [4.69, 9.17) is 9.47 Å². The zero-order valence-corrected chi connectivity index (χ0v) is 11.8. The standard InChI is InChI=1S/C15H18O5/c1-15(18)11-7-5-4-6-9(11)8-10(13(16)19-2)12(15)14(17)20-3/h4-7,10,12,18H,8H2,1-3H3/t10-,12+,15+/m0/s1. The number of hydrogen-bond donors (Lipinski definition) is 1. The van der Waals surface area contributed by atoms with Crippen LogP contribution in [0.1, 0.15) is 18.1 Å². The summed E-state index contributed by atoms with van der Waals surface area (Å²) >= 11 is 0. The summed E-state index contributed by atoms with van der Waals surface area (Å²) in [6.07, 6.45) is 0.346. The summed E-state index contributed by atoms with van der Waals surface area (Å²) in [6.45, 7) is 1.53. The van der Waals surface area contributed by atoms with Gasteiger partial charge in [0, 0.05) is 0 Å². The van der Waals surface area contributed by atoms with E-state index in [1.165, 1.54) is 21.1 Å². The fourth-order valence-corrected chi connectivity index (χ4v) is 3.00. The number of carbonyl (C=O) groups is 2. The maximum atomic E-state index is 12.0. The van der Waals surface area contributed by atoms with Crippen molar-refractivity contribution in [2.24, 2.45) is 11.8 Å². The first-order chi connectivity index (χ1) is 9.43. The minimum Gasteiger partial charge on any atom is -0.469 e. The number of ether oxygens (including phenoxy) is 2. The van der Waals surface area contributed by atoms with Crippen LogP contribution in [-0.2, 0) is 31.1 Å². The average molecular weight is 278 g/mol. The zero-order chi connectivity index (χ0) is 14.9. The molecule has 0 bridgehead atoms. The van der Waals surface area contributed by atoms with Gasteiger partial charge in [-0.2, -0.15) is 0 Å². The van der Waals surface area contributed by atoms with Gasteiger partial charge in [0.15, 0.2) is 0 Å². The summed E-state index contributed by atoms with van der Waals surface area (Å²) in [4.78, 5) is 24.0. The van der Waals surface area contributed by atoms with Gasteiger partial charge >= 0.3 is 11.9 Å². The number of carbonyl (C=O) groups excluding carboxylic acids is 2. The van der Waals surface area contributed by atoms with E-state index in [-0.39, 0.29) is 0 Å². The number of aliphatic hydroxyl groups is 1. The first-order valence-corrected chi connectivity index (χ1v) is 6.40. The van der Waals surface area contributed by atoms with E-state index in [2.05, 4.69) is 0 Å². The lowest BCUT2D eigenvalue weighted by molar-refractivity contribution is -0.171. The van der Waals surface area contributed by atoms with Crippen LogP contribution >= 0.6 is 0 Å². The summed E-state index contributed by atoms with van der Waals surface area (Å²) in [5.74, 6) is -2.86. The monoisotopic (exact) mass is 278 g/mol. The zero-order valence-electron chi connectivity index (χ0n) is 11.8. The average Bonchev–Trinajstić information content (AvgIpc) is 2.45. The van der Waals surface area contributed by atoms with Crippen LogP contribution in [0.25, 0.3) is 0 Å². The third-order valence-electron chi connectivity index (χ3n) is 3.97. The van der Waals surface area contributed by atoms with Crippen LogP contribution < -0.4 is 0 Å². The molecule has 0 spiro atoms. The Hall–Kier alpha value is -1.88. The van der Waals surface area contributed by atoms with Gasteiger partial charge in [0.05, 0.1) is 20.1 Å². The number of benzene rings is 1. The third-order valence-corrected chi connectivity index (χ3v) is 3.97. The quantitative estimate of drug-likeness (QED) is 0.818. The molecule has 1 aliphatic carbocycles. The van der Waals surface area contributed by atoms with Gasteiger partial charge in [-0.05, 0) is 24.5 Å². The van der Waals surface area contributed by atoms with Crippen molar-refractivity contribution in [1.29, 1.82) is 0 Å². The van der Waals surface area contributed by atoms with E-state index in [1.54, 1.807) is 12.1 Å². The second-order valence-electron chi connectivity index (χ2n) is 5.14. The van der Waals surface area contributed by atoms with Crippen LogP contribution in [0.5, 0.6) is 0 Å². The molecule has 0 fully saturated rings. The molecule has 0 saturated carbocycles. The second kappa shape index (κ2) is 5.25. The smallest absolute Gasteiger partial charge is 0.312 e. The molecule has 0 saturated heterocycles. The first-order valence-electron chi connectivity index (χ1n) is 6.40. The van der Waals surface area contributed by atoms with E-state index in [0.29, 0.717) is 12.0 Å². The van der Waals surface area contributed by atoms with Crippen molar-refractivity contribution in [2.75, 3.05) is 14.2 Å². The lowest BCUT2D eigenvalue weighted by Gasteiger charge is -2.40. The van der Waals surface area contributed by atoms with Gasteiger partial charge in [-0.25, -0.2) is 0 Å². The molecule has 108 valence electrons. The molecule has 1 aliphatic rings. The van der Waals surface area contributed by atoms with Gasteiger partial charge in [0.2, 0.25) is 0 Å². The minimum atomic E-state index is -1.47. The summed E-state index contributed by atoms with van der Waals surface area (Å²) in [6, 6.07) is 7.23. The SMILES string of the molecule is COC(=O)[C@H]1Cc2ccccc2[C@@](C)(O)[C@H]1C(=O)OC. The molecule has 5 heteroatoms. The predicted octanol–water partition coefficient (Wildman–Crippen LogP) is 1.03. The van der Waals surface area contributed by atoms with Crippen molar-refractivity contribution in [3.8, 4) is 0 Å². The Labute approximate surface area is 117 Å². The Morgan fingerprint density at radius 3 is 2.40 bits per heavy atom. The first kappa shape index (κ1) is 14.5. The molecule has 2 rings (SSSR count). The second-order valence-corrected chi connectivity index (χ2v) is 5.14. The van der Waals surface area contributed by atoms with Crippen molar-refractivity contribution < 1.29 is 24.2 Å². The molecule has 1 aromatic carbocycles. The maximum Gasteiger partial charge on any atom is 0.312 e. The molecular formula is C15H18O5. The largest absolute Gasteiger partial charge is 0.469 e. The molecule has 0 heterocycles. The molecule has 20 heavy (non-hydrogen) atoms. The Morgan fingerprint density at radius 1 is 1.20 bits per heavy atom. The van der Waals surface area contributed by atoms with Gasteiger partial charge in [-0.15, -0.1) is 0 Å². The highest BCUT2D eigenvalue weighted by Crippen LogP contribution is 2.43. The van der Waals surface area contributed by atoms with Gasteiger partial charge in [0.25, 0.3) is 0 Å². The van der Waals surface area contributed by atoms with Crippen LogP contribution in [-0.4, -0.2) is 31.3 Å². The third kappa shape index (κ3) is 2.18. The Kier molecular flexibility index (Phi) is 3.81. The van der Waals surface area contributed by atoms with Crippen LogP contribution in [0.4, 0.5) is 0 Å². The minimum absolute atomic E-state index is 0.346. The topological polar surface area (TPSA) is 72.8 Å². The number of rotatable bonds is 2. The number of hydrogen-bond acceptors (Lipinski definition) is 5. The molecule has 1 N–H and O–H groups in total. The highest BCUT2D eigenvalue weighted by molar-refractivity contribution is 5.84. The van der Waals surface area contributed by atoms with Crippen LogP contribution in [0.2, 0.25) is 0 Å². The lowest BCUT2D eigenvalue weighted by atomic mass is 9.66. The van der Waals surface area contributed by atoms with Gasteiger partial charge in [0.1, 0.15) is 11.5 Å². The highest BCUT2D eigenvalue weighted by atomic mass is 16.5. The van der Waals surface area contributed by atoms with E-state index in [0.717, 1.165) is 5.56 Å². The van der Waals surface area contributed by atoms with E-state index in [1.807, 2.05) is 12.1 Å². The lowest BCUT2D eigenvalue weighted by Crippen LogP contribution is -2.49. The van der Waals surface area contributed by atoms with Crippen LogP contribution in [0.3, 0.4) is 0 Å². The molecule has 0 radical (unpaired) electrons. The molecule has 1 aromatic rings. The molecule has 5 nitrogen and oxygen atoms in total. The molecule has 0 aromatic heterocycles. The molecule has 0 aliphatic heterocycles. The molecule has 3 atom stereocenters. The van der Waals surface area contributed by atoms with Crippen molar-refractivity contribution in [2.45, 2.75) is 18.9 Å². The molecular weight excluding hydrogens is 260 g/mol. The van der Waals surface area contributed by atoms with Gasteiger partial charge < -0.3 is 14.6 Å². The molecule has 0 unspecified atom stereocenters. The maximum absolute atomic E-state index is 12.0. The number of esters is 2. The van der Waals surface area contributed by atoms with Crippen molar-refractivity contribution in [3.63, 3.8) is 0 Å². The number of fused-ring (bicyclic) bond motifs is 1. The Balaban J connectivity index is 2.56. The van der Waals surface area contributed by atoms with Crippen molar-refractivity contribution in [3.05, 3.63) is 35.4 Å². The highest BCUT2D eigenvalue weighted by Gasteiger charge is 2.52. The Morgan fingerprint density at radius 2 is 1.80 bits per heavy atom. The van der Waals surface area contributed by atoms with E-state index in [9.17, 15) is 14.7 Å². The van der Waals surface area contributed by atoms with Crippen LogP contribution in [0, 0.1) is 11.8 Å². The molecule has 0 amide bonds. The van der Waals surface area contributed by atoms with Crippen molar-refractivity contribution >= 4 is 11.9 Å². The summed E-state index contributed by atoms with van der Waals surface area (Å²) < 4.78 is 9.52. The summed E-state index contributed by atoms with van der Waals surface area (Å²) in [5.41, 5.74) is 0.0180. The van der Waals surface area contributed by atoms with Gasteiger partial charge in [-0.3, -0.25) is 9.59 Å². The summed E-state index contributed by atoms with van der Waals surface area (Å²) in [7, 11) is 2.51.